The standard InChI is InChI=1S/C15H18N2O4/c18-12-9-21-14(15(19)20)13(10-4-3-7-16-8-10)17(12)11-5-1-2-6-11/h3-4,7-8,11,13-14H,1-2,5-6,9H2,(H,19,20). The van der Waals surface area contributed by atoms with Gasteiger partial charge in [0, 0.05) is 18.4 Å². The quantitative estimate of drug-likeness (QED) is 0.909. The Kier molecular flexibility index (Phi) is 3.88. The van der Waals surface area contributed by atoms with Crippen molar-refractivity contribution < 1.29 is 19.4 Å². The Morgan fingerprint density at radius 1 is 1.38 bits per heavy atom. The molecule has 2 heterocycles. The number of aromatic nitrogens is 1. The second kappa shape index (κ2) is 5.81. The van der Waals surface area contributed by atoms with Gasteiger partial charge in [-0.25, -0.2) is 4.79 Å². The van der Waals surface area contributed by atoms with Crippen molar-refractivity contribution in [2.45, 2.75) is 43.9 Å². The Morgan fingerprint density at radius 3 is 2.76 bits per heavy atom. The summed E-state index contributed by atoms with van der Waals surface area (Å²) in [7, 11) is 0. The number of morpholine rings is 1. The van der Waals surface area contributed by atoms with Gasteiger partial charge in [0.15, 0.2) is 6.10 Å². The molecule has 6 nitrogen and oxygen atoms in total. The number of amides is 1. The highest BCUT2D eigenvalue weighted by atomic mass is 16.5. The molecule has 1 N–H and O–H groups in total. The summed E-state index contributed by atoms with van der Waals surface area (Å²) in [5.41, 5.74) is 0.713. The lowest BCUT2D eigenvalue weighted by atomic mass is 9.96. The number of carbonyl (C=O) groups excluding carboxylic acids is 1. The number of pyridine rings is 1. The number of carbonyl (C=O) groups is 2. The Bertz CT molecular complexity index is 528. The van der Waals surface area contributed by atoms with Crippen LogP contribution in [-0.2, 0) is 14.3 Å². The molecule has 2 atom stereocenters. The predicted octanol–water partition coefficient (Wildman–Crippen LogP) is 1.38. The number of ether oxygens (including phenoxy) is 1. The Morgan fingerprint density at radius 2 is 2.14 bits per heavy atom. The van der Waals surface area contributed by atoms with Gasteiger partial charge in [-0.2, -0.15) is 0 Å². The average Bonchev–Trinajstić information content (AvgIpc) is 3.01. The van der Waals surface area contributed by atoms with Crippen molar-refractivity contribution in [2.24, 2.45) is 0 Å². The van der Waals surface area contributed by atoms with Gasteiger partial charge >= 0.3 is 5.97 Å². The van der Waals surface area contributed by atoms with Crippen LogP contribution in [0.2, 0.25) is 0 Å². The highest BCUT2D eigenvalue weighted by molar-refractivity contribution is 5.83. The zero-order valence-corrected chi connectivity index (χ0v) is 11.6. The molecule has 1 amide bonds. The summed E-state index contributed by atoms with van der Waals surface area (Å²) in [6.45, 7) is -0.162. The Labute approximate surface area is 122 Å². The molecule has 1 aromatic heterocycles. The molecule has 2 aliphatic rings. The fraction of sp³-hybridized carbons (Fsp3) is 0.533. The van der Waals surface area contributed by atoms with Gasteiger partial charge in [0.1, 0.15) is 6.61 Å². The van der Waals surface area contributed by atoms with E-state index in [-0.39, 0.29) is 18.6 Å². The first-order valence-corrected chi connectivity index (χ1v) is 7.24. The van der Waals surface area contributed by atoms with E-state index in [1.54, 1.807) is 29.4 Å². The van der Waals surface area contributed by atoms with Crippen molar-refractivity contribution in [2.75, 3.05) is 6.61 Å². The third-order valence-electron chi connectivity index (χ3n) is 4.25. The molecule has 1 aromatic rings. The minimum absolute atomic E-state index is 0.105. The maximum atomic E-state index is 12.3. The third kappa shape index (κ3) is 2.63. The van der Waals surface area contributed by atoms with Crippen LogP contribution in [0.4, 0.5) is 0 Å². The maximum Gasteiger partial charge on any atom is 0.335 e. The molecule has 3 rings (SSSR count). The van der Waals surface area contributed by atoms with Crippen LogP contribution in [0, 0.1) is 0 Å². The Balaban J connectivity index is 1.99. The van der Waals surface area contributed by atoms with Crippen molar-refractivity contribution in [3.8, 4) is 0 Å². The van der Waals surface area contributed by atoms with Crippen LogP contribution in [0.1, 0.15) is 37.3 Å². The van der Waals surface area contributed by atoms with Crippen LogP contribution >= 0.6 is 0 Å². The first kappa shape index (κ1) is 14.0. The predicted molar refractivity (Wildman–Crippen MR) is 73.5 cm³/mol. The maximum absolute atomic E-state index is 12.3. The lowest BCUT2D eigenvalue weighted by Gasteiger charge is -2.42. The van der Waals surface area contributed by atoms with Crippen LogP contribution in [0.15, 0.2) is 24.5 Å². The van der Waals surface area contributed by atoms with E-state index in [2.05, 4.69) is 4.98 Å². The molecule has 1 aliphatic heterocycles. The van der Waals surface area contributed by atoms with Gasteiger partial charge in [-0.05, 0) is 24.5 Å². The van der Waals surface area contributed by atoms with E-state index in [0.717, 1.165) is 25.7 Å². The number of carboxylic acids is 1. The Hall–Kier alpha value is -1.95. The summed E-state index contributed by atoms with van der Waals surface area (Å²) in [6, 6.07) is 3.06. The first-order valence-electron chi connectivity index (χ1n) is 7.24. The smallest absolute Gasteiger partial charge is 0.335 e. The highest BCUT2D eigenvalue weighted by Crippen LogP contribution is 2.36. The number of hydrogen-bond donors (Lipinski definition) is 1. The lowest BCUT2D eigenvalue weighted by molar-refractivity contribution is -0.176. The molecule has 0 spiro atoms. The van der Waals surface area contributed by atoms with E-state index in [1.807, 2.05) is 0 Å². The largest absolute Gasteiger partial charge is 0.479 e. The summed E-state index contributed by atoms with van der Waals surface area (Å²) < 4.78 is 5.29. The number of rotatable bonds is 3. The molecule has 0 aromatic carbocycles. The van der Waals surface area contributed by atoms with Gasteiger partial charge in [0.25, 0.3) is 0 Å². The SMILES string of the molecule is O=C(O)C1OCC(=O)N(C2CCCC2)C1c1cccnc1. The van der Waals surface area contributed by atoms with Crippen molar-refractivity contribution in [3.05, 3.63) is 30.1 Å². The molecule has 21 heavy (non-hydrogen) atoms. The van der Waals surface area contributed by atoms with E-state index >= 15 is 0 Å². The molecule has 0 radical (unpaired) electrons. The number of aliphatic carboxylic acids is 1. The van der Waals surface area contributed by atoms with Gasteiger partial charge in [-0.15, -0.1) is 0 Å². The molecule has 0 bridgehead atoms. The summed E-state index contributed by atoms with van der Waals surface area (Å²) in [5.74, 6) is -1.17. The number of hydrogen-bond acceptors (Lipinski definition) is 4. The van der Waals surface area contributed by atoms with Gasteiger partial charge < -0.3 is 14.7 Å². The highest BCUT2D eigenvalue weighted by Gasteiger charge is 2.45. The summed E-state index contributed by atoms with van der Waals surface area (Å²) >= 11 is 0. The minimum atomic E-state index is -1.04. The zero-order chi connectivity index (χ0) is 14.8. The van der Waals surface area contributed by atoms with E-state index in [1.165, 1.54) is 0 Å². The van der Waals surface area contributed by atoms with Gasteiger partial charge in [0.05, 0.1) is 6.04 Å². The minimum Gasteiger partial charge on any atom is -0.479 e. The van der Waals surface area contributed by atoms with E-state index in [9.17, 15) is 14.7 Å². The van der Waals surface area contributed by atoms with Gasteiger partial charge in [-0.3, -0.25) is 9.78 Å². The fourth-order valence-electron chi connectivity index (χ4n) is 3.33. The van der Waals surface area contributed by atoms with E-state index < -0.39 is 18.1 Å². The van der Waals surface area contributed by atoms with Crippen LogP contribution in [0.3, 0.4) is 0 Å². The third-order valence-corrected chi connectivity index (χ3v) is 4.25. The van der Waals surface area contributed by atoms with Crippen molar-refractivity contribution in [1.82, 2.24) is 9.88 Å². The lowest BCUT2D eigenvalue weighted by Crippen LogP contribution is -2.55. The van der Waals surface area contributed by atoms with Crippen LogP contribution in [0.5, 0.6) is 0 Å². The van der Waals surface area contributed by atoms with E-state index in [0.29, 0.717) is 5.56 Å². The summed E-state index contributed by atoms with van der Waals surface area (Å²) in [5, 5.41) is 9.43. The van der Waals surface area contributed by atoms with E-state index in [4.69, 9.17) is 4.74 Å². The molecule has 112 valence electrons. The molecule has 1 aliphatic carbocycles. The molecule has 1 saturated carbocycles. The van der Waals surface area contributed by atoms with Crippen molar-refractivity contribution in [3.63, 3.8) is 0 Å². The van der Waals surface area contributed by atoms with Crippen molar-refractivity contribution in [1.29, 1.82) is 0 Å². The first-order chi connectivity index (χ1) is 10.2. The van der Waals surface area contributed by atoms with Crippen molar-refractivity contribution >= 4 is 11.9 Å². The fourth-order valence-corrected chi connectivity index (χ4v) is 3.33. The van der Waals surface area contributed by atoms with Crippen LogP contribution in [-0.4, -0.2) is 45.6 Å². The zero-order valence-electron chi connectivity index (χ0n) is 11.6. The molecule has 6 heteroatoms. The van der Waals surface area contributed by atoms with Crippen LogP contribution < -0.4 is 0 Å². The number of nitrogens with zero attached hydrogens (tertiary/aromatic N) is 2. The second-order valence-corrected chi connectivity index (χ2v) is 5.54. The number of carboxylic acid groups (broad SMARTS) is 1. The molecule has 2 unspecified atom stereocenters. The molecular formula is C15H18N2O4. The topological polar surface area (TPSA) is 79.7 Å². The normalized spacial score (nSPS) is 27.0. The van der Waals surface area contributed by atoms with Gasteiger partial charge in [0.2, 0.25) is 5.91 Å². The molecule has 2 fully saturated rings. The average molecular weight is 290 g/mol. The molecular weight excluding hydrogens is 272 g/mol. The second-order valence-electron chi connectivity index (χ2n) is 5.54. The summed E-state index contributed by atoms with van der Waals surface area (Å²) in [6.07, 6.45) is 6.21. The van der Waals surface area contributed by atoms with Gasteiger partial charge in [-0.1, -0.05) is 18.9 Å². The summed E-state index contributed by atoms with van der Waals surface area (Å²) in [4.78, 5) is 29.6. The molecule has 1 saturated heterocycles. The monoisotopic (exact) mass is 290 g/mol. The van der Waals surface area contributed by atoms with Crippen LogP contribution in [0.25, 0.3) is 0 Å².